The van der Waals surface area contributed by atoms with Crippen molar-refractivity contribution < 1.29 is 4.74 Å². The van der Waals surface area contributed by atoms with Crippen LogP contribution in [-0.4, -0.2) is 13.2 Å². The van der Waals surface area contributed by atoms with E-state index in [1.54, 1.807) is 0 Å². The Kier molecular flexibility index (Phi) is 1.54. The van der Waals surface area contributed by atoms with E-state index in [0.717, 1.165) is 11.8 Å². The molecule has 4 atom stereocenters. The van der Waals surface area contributed by atoms with Crippen molar-refractivity contribution in [2.24, 2.45) is 17.3 Å². The lowest BCUT2D eigenvalue weighted by atomic mass is 9.87. The van der Waals surface area contributed by atoms with Crippen LogP contribution in [0, 0.1) is 17.3 Å². The highest BCUT2D eigenvalue weighted by atomic mass is 16.5. The lowest BCUT2D eigenvalue weighted by Gasteiger charge is -2.27. The van der Waals surface area contributed by atoms with Crippen molar-refractivity contribution in [2.45, 2.75) is 39.2 Å². The fraction of sp³-hybridized carbons (Fsp3) is 1.00. The van der Waals surface area contributed by atoms with E-state index in [9.17, 15) is 0 Å². The third kappa shape index (κ3) is 0.807. The molecule has 1 nitrogen and oxygen atoms in total. The van der Waals surface area contributed by atoms with Crippen molar-refractivity contribution in [3.8, 4) is 0 Å². The molecular weight excluding hydrogens is 136 g/mol. The van der Waals surface area contributed by atoms with Gasteiger partial charge in [-0.25, -0.2) is 0 Å². The van der Waals surface area contributed by atoms with Crippen LogP contribution in [0.25, 0.3) is 0 Å². The van der Waals surface area contributed by atoms with Gasteiger partial charge in [0.25, 0.3) is 0 Å². The Balaban J connectivity index is 2.12. The number of rotatable bonds is 1. The highest BCUT2D eigenvalue weighted by Crippen LogP contribution is 2.66. The zero-order chi connectivity index (χ0) is 8.06. The van der Waals surface area contributed by atoms with Crippen molar-refractivity contribution >= 4 is 0 Å². The number of hydrogen-bond acceptors (Lipinski definition) is 1. The maximum atomic E-state index is 5.52. The summed E-state index contributed by atoms with van der Waals surface area (Å²) >= 11 is 0. The topological polar surface area (TPSA) is 9.23 Å². The quantitative estimate of drug-likeness (QED) is 0.563. The fourth-order valence-electron chi connectivity index (χ4n) is 3.16. The Morgan fingerprint density at radius 2 is 2.09 bits per heavy atom. The van der Waals surface area contributed by atoms with Gasteiger partial charge in [0, 0.05) is 7.11 Å². The first-order chi connectivity index (χ1) is 5.21. The second kappa shape index (κ2) is 2.22. The second-order valence-corrected chi connectivity index (χ2v) is 4.42. The molecule has 0 bridgehead atoms. The molecule has 1 heteroatoms. The molecular formula is C10H18O. The van der Waals surface area contributed by atoms with Gasteiger partial charge in [0.15, 0.2) is 0 Å². The molecule has 2 saturated carbocycles. The number of fused-ring (bicyclic) bond motifs is 1. The molecule has 0 N–H and O–H groups in total. The van der Waals surface area contributed by atoms with Crippen molar-refractivity contribution in [3.05, 3.63) is 0 Å². The van der Waals surface area contributed by atoms with Gasteiger partial charge in [-0.1, -0.05) is 20.3 Å². The predicted molar refractivity (Wildman–Crippen MR) is 45.4 cm³/mol. The van der Waals surface area contributed by atoms with Crippen LogP contribution in [0.5, 0.6) is 0 Å². The standard InChI is InChI=1S/C10H18O/c1-7-8-5-4-6-9(11-3)10(7,8)2/h7-9H,4-6H2,1-3H3/t7-,8-,9-,10+/m1/s1. The van der Waals surface area contributed by atoms with E-state index in [1.165, 1.54) is 19.3 Å². The molecule has 0 aromatic carbocycles. The first kappa shape index (κ1) is 7.60. The predicted octanol–water partition coefficient (Wildman–Crippen LogP) is 2.46. The summed E-state index contributed by atoms with van der Waals surface area (Å²) in [5.41, 5.74) is 0.549. The molecule has 2 fully saturated rings. The Bertz CT molecular complexity index is 166. The molecule has 0 aromatic rings. The molecule has 0 heterocycles. The molecule has 0 aliphatic heterocycles. The Hall–Kier alpha value is -0.0400. The molecule has 0 radical (unpaired) electrons. The Labute approximate surface area is 69.1 Å². The van der Waals surface area contributed by atoms with Gasteiger partial charge < -0.3 is 4.74 Å². The summed E-state index contributed by atoms with van der Waals surface area (Å²) in [6, 6.07) is 0. The van der Waals surface area contributed by atoms with Gasteiger partial charge in [-0.15, -0.1) is 0 Å². The van der Waals surface area contributed by atoms with Crippen molar-refractivity contribution in [3.63, 3.8) is 0 Å². The summed E-state index contributed by atoms with van der Waals surface area (Å²) in [6.07, 6.45) is 4.66. The van der Waals surface area contributed by atoms with Crippen LogP contribution in [0.3, 0.4) is 0 Å². The average Bonchev–Trinajstić information content (AvgIpc) is 2.55. The van der Waals surface area contributed by atoms with E-state index in [0.29, 0.717) is 11.5 Å². The number of methoxy groups -OCH3 is 1. The maximum Gasteiger partial charge on any atom is 0.0630 e. The summed E-state index contributed by atoms with van der Waals surface area (Å²) in [7, 11) is 1.86. The van der Waals surface area contributed by atoms with Crippen LogP contribution in [-0.2, 0) is 4.74 Å². The van der Waals surface area contributed by atoms with E-state index in [4.69, 9.17) is 4.74 Å². The SMILES string of the molecule is CO[C@@H]1CCC[C@@H]2[C@@H](C)[C@@]21C. The van der Waals surface area contributed by atoms with Crippen LogP contribution in [0.15, 0.2) is 0 Å². The highest BCUT2D eigenvalue weighted by Gasteiger charge is 2.63. The zero-order valence-electron chi connectivity index (χ0n) is 7.76. The normalized spacial score (nSPS) is 55.4. The molecule has 2 rings (SSSR count). The van der Waals surface area contributed by atoms with Crippen LogP contribution in [0.2, 0.25) is 0 Å². The molecule has 0 aromatic heterocycles. The fourth-order valence-corrected chi connectivity index (χ4v) is 3.16. The van der Waals surface area contributed by atoms with E-state index in [-0.39, 0.29) is 0 Å². The van der Waals surface area contributed by atoms with E-state index in [2.05, 4.69) is 13.8 Å². The summed E-state index contributed by atoms with van der Waals surface area (Å²) in [5, 5.41) is 0. The first-order valence-electron chi connectivity index (χ1n) is 4.74. The second-order valence-electron chi connectivity index (χ2n) is 4.42. The Morgan fingerprint density at radius 1 is 1.36 bits per heavy atom. The Morgan fingerprint density at radius 3 is 2.64 bits per heavy atom. The molecule has 11 heavy (non-hydrogen) atoms. The van der Waals surface area contributed by atoms with Crippen molar-refractivity contribution in [1.82, 2.24) is 0 Å². The lowest BCUT2D eigenvalue weighted by molar-refractivity contribution is 0.0151. The first-order valence-corrected chi connectivity index (χ1v) is 4.74. The summed E-state index contributed by atoms with van der Waals surface area (Å²) < 4.78 is 5.52. The van der Waals surface area contributed by atoms with Crippen molar-refractivity contribution in [1.29, 1.82) is 0 Å². The molecule has 64 valence electrons. The van der Waals surface area contributed by atoms with Crippen LogP contribution in [0.4, 0.5) is 0 Å². The van der Waals surface area contributed by atoms with Crippen LogP contribution in [0.1, 0.15) is 33.1 Å². The summed E-state index contributed by atoms with van der Waals surface area (Å²) in [6.45, 7) is 4.78. The van der Waals surface area contributed by atoms with Gasteiger partial charge in [0.2, 0.25) is 0 Å². The minimum atomic E-state index is 0.549. The molecule has 2 aliphatic rings. The van der Waals surface area contributed by atoms with E-state index < -0.39 is 0 Å². The van der Waals surface area contributed by atoms with Gasteiger partial charge in [-0.2, -0.15) is 0 Å². The maximum absolute atomic E-state index is 5.52. The highest BCUT2D eigenvalue weighted by molar-refractivity contribution is 5.11. The third-order valence-electron chi connectivity index (χ3n) is 4.23. The largest absolute Gasteiger partial charge is 0.381 e. The van der Waals surface area contributed by atoms with Crippen LogP contribution >= 0.6 is 0 Å². The third-order valence-corrected chi connectivity index (χ3v) is 4.23. The summed E-state index contributed by atoms with van der Waals surface area (Å²) in [5.74, 6) is 1.89. The van der Waals surface area contributed by atoms with Gasteiger partial charge in [0.05, 0.1) is 6.10 Å². The minimum Gasteiger partial charge on any atom is -0.381 e. The molecule has 0 spiro atoms. The van der Waals surface area contributed by atoms with Crippen molar-refractivity contribution in [2.75, 3.05) is 7.11 Å². The molecule has 0 amide bonds. The average molecular weight is 154 g/mol. The minimum absolute atomic E-state index is 0.549. The lowest BCUT2D eigenvalue weighted by Crippen LogP contribution is -2.27. The van der Waals surface area contributed by atoms with Gasteiger partial charge in [-0.05, 0) is 30.1 Å². The van der Waals surface area contributed by atoms with Gasteiger partial charge in [-0.3, -0.25) is 0 Å². The van der Waals surface area contributed by atoms with E-state index >= 15 is 0 Å². The monoisotopic (exact) mass is 154 g/mol. The van der Waals surface area contributed by atoms with Gasteiger partial charge in [0.1, 0.15) is 0 Å². The molecule has 2 aliphatic carbocycles. The van der Waals surface area contributed by atoms with E-state index in [1.807, 2.05) is 7.11 Å². The molecule has 0 saturated heterocycles. The van der Waals surface area contributed by atoms with Gasteiger partial charge >= 0.3 is 0 Å². The smallest absolute Gasteiger partial charge is 0.0630 e. The van der Waals surface area contributed by atoms with Crippen LogP contribution < -0.4 is 0 Å². The molecule has 0 unspecified atom stereocenters. The zero-order valence-corrected chi connectivity index (χ0v) is 7.76. The number of hydrogen-bond donors (Lipinski definition) is 0. The summed E-state index contributed by atoms with van der Waals surface area (Å²) in [4.78, 5) is 0. The number of ether oxygens (including phenoxy) is 1.